The van der Waals surface area contributed by atoms with Gasteiger partial charge in [-0.05, 0) is 38.4 Å². The number of pyridine rings is 1. The van der Waals surface area contributed by atoms with Crippen molar-refractivity contribution in [2.75, 3.05) is 18.4 Å². The second-order valence-electron chi connectivity index (χ2n) is 3.85. The second-order valence-corrected chi connectivity index (χ2v) is 3.85. The Morgan fingerprint density at radius 2 is 2.43 bits per heavy atom. The SMILES string of the molecule is Cc1cccc(NC2CCCNC2)n1. The van der Waals surface area contributed by atoms with Crippen molar-refractivity contribution in [2.45, 2.75) is 25.8 Å². The van der Waals surface area contributed by atoms with Crippen molar-refractivity contribution < 1.29 is 0 Å². The summed E-state index contributed by atoms with van der Waals surface area (Å²) in [6.07, 6.45) is 2.49. The fraction of sp³-hybridized carbons (Fsp3) is 0.545. The maximum atomic E-state index is 4.43. The predicted octanol–water partition coefficient (Wildman–Crippen LogP) is 1.55. The molecule has 14 heavy (non-hydrogen) atoms. The number of anilines is 1. The number of aryl methyl sites for hydroxylation is 1. The number of aromatic nitrogens is 1. The van der Waals surface area contributed by atoms with E-state index in [0.29, 0.717) is 6.04 Å². The zero-order valence-corrected chi connectivity index (χ0v) is 8.59. The van der Waals surface area contributed by atoms with E-state index in [1.807, 2.05) is 25.1 Å². The maximum absolute atomic E-state index is 4.43. The van der Waals surface area contributed by atoms with E-state index in [4.69, 9.17) is 0 Å². The number of nitrogens with one attached hydrogen (secondary N) is 2. The largest absolute Gasteiger partial charge is 0.366 e. The molecule has 0 aliphatic carbocycles. The van der Waals surface area contributed by atoms with Crippen LogP contribution in [-0.4, -0.2) is 24.1 Å². The third-order valence-corrected chi connectivity index (χ3v) is 2.54. The van der Waals surface area contributed by atoms with Gasteiger partial charge in [0.15, 0.2) is 0 Å². The van der Waals surface area contributed by atoms with Crippen LogP contribution in [0.25, 0.3) is 0 Å². The van der Waals surface area contributed by atoms with Crippen molar-refractivity contribution in [1.29, 1.82) is 0 Å². The van der Waals surface area contributed by atoms with Gasteiger partial charge in [-0.15, -0.1) is 0 Å². The van der Waals surface area contributed by atoms with Gasteiger partial charge in [0.25, 0.3) is 0 Å². The minimum Gasteiger partial charge on any atom is -0.366 e. The van der Waals surface area contributed by atoms with Crippen LogP contribution in [0, 0.1) is 6.92 Å². The monoisotopic (exact) mass is 191 g/mol. The lowest BCUT2D eigenvalue weighted by molar-refractivity contribution is 0.479. The first-order chi connectivity index (χ1) is 6.84. The molecule has 1 aromatic heterocycles. The third-order valence-electron chi connectivity index (χ3n) is 2.54. The Balaban J connectivity index is 1.95. The Hall–Kier alpha value is -1.09. The minimum absolute atomic E-state index is 0.540. The molecule has 1 aliphatic heterocycles. The van der Waals surface area contributed by atoms with Gasteiger partial charge in [-0.1, -0.05) is 6.07 Å². The van der Waals surface area contributed by atoms with Crippen LogP contribution in [0.3, 0.4) is 0 Å². The molecule has 2 rings (SSSR count). The van der Waals surface area contributed by atoms with Gasteiger partial charge < -0.3 is 10.6 Å². The molecule has 0 bridgehead atoms. The van der Waals surface area contributed by atoms with E-state index >= 15 is 0 Å². The van der Waals surface area contributed by atoms with Crippen LogP contribution >= 0.6 is 0 Å². The summed E-state index contributed by atoms with van der Waals surface area (Å²) in [4.78, 5) is 4.43. The Kier molecular flexibility index (Phi) is 2.99. The van der Waals surface area contributed by atoms with Crippen LogP contribution in [0.1, 0.15) is 18.5 Å². The van der Waals surface area contributed by atoms with Gasteiger partial charge >= 0.3 is 0 Å². The van der Waals surface area contributed by atoms with E-state index < -0.39 is 0 Å². The van der Waals surface area contributed by atoms with Gasteiger partial charge in [0, 0.05) is 18.3 Å². The number of nitrogens with zero attached hydrogens (tertiary/aromatic N) is 1. The molecule has 0 spiro atoms. The Morgan fingerprint density at radius 1 is 1.50 bits per heavy atom. The van der Waals surface area contributed by atoms with Gasteiger partial charge in [-0.2, -0.15) is 0 Å². The Morgan fingerprint density at radius 3 is 3.14 bits per heavy atom. The highest BCUT2D eigenvalue weighted by molar-refractivity contribution is 5.36. The van der Waals surface area contributed by atoms with Crippen LogP contribution in [0.4, 0.5) is 5.82 Å². The van der Waals surface area contributed by atoms with Crippen LogP contribution in [0.2, 0.25) is 0 Å². The highest BCUT2D eigenvalue weighted by atomic mass is 15.1. The summed E-state index contributed by atoms with van der Waals surface area (Å²) in [5, 5.41) is 6.83. The fourth-order valence-electron chi connectivity index (χ4n) is 1.81. The van der Waals surface area contributed by atoms with Crippen molar-refractivity contribution in [2.24, 2.45) is 0 Å². The first-order valence-corrected chi connectivity index (χ1v) is 5.25. The lowest BCUT2D eigenvalue weighted by Crippen LogP contribution is -2.38. The van der Waals surface area contributed by atoms with Gasteiger partial charge in [-0.3, -0.25) is 0 Å². The second kappa shape index (κ2) is 4.42. The smallest absolute Gasteiger partial charge is 0.126 e. The van der Waals surface area contributed by atoms with E-state index in [1.54, 1.807) is 0 Å². The zero-order chi connectivity index (χ0) is 9.80. The van der Waals surface area contributed by atoms with E-state index in [2.05, 4.69) is 15.6 Å². The average Bonchev–Trinajstić information content (AvgIpc) is 2.19. The van der Waals surface area contributed by atoms with E-state index in [1.165, 1.54) is 12.8 Å². The molecule has 1 aromatic rings. The third kappa shape index (κ3) is 2.45. The zero-order valence-electron chi connectivity index (χ0n) is 8.59. The predicted molar refractivity (Wildman–Crippen MR) is 58.5 cm³/mol. The molecular weight excluding hydrogens is 174 g/mol. The molecule has 3 heteroatoms. The Bertz CT molecular complexity index is 292. The van der Waals surface area contributed by atoms with Gasteiger partial charge in [-0.25, -0.2) is 4.98 Å². The van der Waals surface area contributed by atoms with Gasteiger partial charge in [0.1, 0.15) is 5.82 Å². The van der Waals surface area contributed by atoms with E-state index in [-0.39, 0.29) is 0 Å². The first-order valence-electron chi connectivity index (χ1n) is 5.25. The van der Waals surface area contributed by atoms with Gasteiger partial charge in [0.2, 0.25) is 0 Å². The number of hydrogen-bond acceptors (Lipinski definition) is 3. The maximum Gasteiger partial charge on any atom is 0.126 e. The molecule has 3 nitrogen and oxygen atoms in total. The van der Waals surface area contributed by atoms with Crippen molar-refractivity contribution in [3.63, 3.8) is 0 Å². The first kappa shape index (κ1) is 9.46. The molecule has 0 saturated carbocycles. The summed E-state index contributed by atoms with van der Waals surface area (Å²) in [5.41, 5.74) is 1.07. The lowest BCUT2D eigenvalue weighted by Gasteiger charge is -2.24. The van der Waals surface area contributed by atoms with Crippen LogP contribution in [-0.2, 0) is 0 Å². The lowest BCUT2D eigenvalue weighted by atomic mass is 10.1. The van der Waals surface area contributed by atoms with Crippen LogP contribution in [0.15, 0.2) is 18.2 Å². The molecule has 1 aliphatic rings. The van der Waals surface area contributed by atoms with E-state index in [9.17, 15) is 0 Å². The fourth-order valence-corrected chi connectivity index (χ4v) is 1.81. The van der Waals surface area contributed by atoms with Crippen molar-refractivity contribution >= 4 is 5.82 Å². The highest BCUT2D eigenvalue weighted by Crippen LogP contribution is 2.10. The molecule has 1 unspecified atom stereocenters. The van der Waals surface area contributed by atoms with Gasteiger partial charge in [0.05, 0.1) is 0 Å². The van der Waals surface area contributed by atoms with Crippen LogP contribution < -0.4 is 10.6 Å². The molecule has 2 heterocycles. The Labute approximate surface area is 84.9 Å². The molecule has 0 radical (unpaired) electrons. The average molecular weight is 191 g/mol. The topological polar surface area (TPSA) is 37.0 Å². The summed E-state index contributed by atoms with van der Waals surface area (Å²) in [5.74, 6) is 0.999. The minimum atomic E-state index is 0.540. The molecule has 2 N–H and O–H groups in total. The molecule has 0 aromatic carbocycles. The van der Waals surface area contributed by atoms with Crippen molar-refractivity contribution in [1.82, 2.24) is 10.3 Å². The molecule has 0 amide bonds. The standard InChI is InChI=1S/C11H17N3/c1-9-4-2-6-11(13-9)14-10-5-3-7-12-8-10/h2,4,6,10,12H,3,5,7-8H2,1H3,(H,13,14). The van der Waals surface area contributed by atoms with E-state index in [0.717, 1.165) is 24.6 Å². The van der Waals surface area contributed by atoms with Crippen molar-refractivity contribution in [3.8, 4) is 0 Å². The summed E-state index contributed by atoms with van der Waals surface area (Å²) in [6, 6.07) is 6.63. The summed E-state index contributed by atoms with van der Waals surface area (Å²) >= 11 is 0. The summed E-state index contributed by atoms with van der Waals surface area (Å²) in [6.45, 7) is 4.22. The molecule has 76 valence electrons. The summed E-state index contributed by atoms with van der Waals surface area (Å²) in [7, 11) is 0. The molecule has 1 atom stereocenters. The molecule has 1 saturated heterocycles. The normalized spacial score (nSPS) is 21.9. The number of piperidine rings is 1. The number of hydrogen-bond donors (Lipinski definition) is 2. The van der Waals surface area contributed by atoms with Crippen molar-refractivity contribution in [3.05, 3.63) is 23.9 Å². The molecular formula is C11H17N3. The number of rotatable bonds is 2. The van der Waals surface area contributed by atoms with Crippen LogP contribution in [0.5, 0.6) is 0 Å². The summed E-state index contributed by atoms with van der Waals surface area (Å²) < 4.78 is 0. The quantitative estimate of drug-likeness (QED) is 0.744. The molecule has 1 fully saturated rings. The highest BCUT2D eigenvalue weighted by Gasteiger charge is 2.12.